The van der Waals surface area contributed by atoms with Gasteiger partial charge in [0.25, 0.3) is 5.91 Å². The summed E-state index contributed by atoms with van der Waals surface area (Å²) >= 11 is 1.43. The van der Waals surface area contributed by atoms with Gasteiger partial charge in [-0.05, 0) is 37.8 Å². The molecule has 2 fully saturated rings. The molecule has 2 amide bonds. The number of rotatable bonds is 3. The van der Waals surface area contributed by atoms with Crippen molar-refractivity contribution in [2.24, 2.45) is 5.92 Å². The van der Waals surface area contributed by atoms with Gasteiger partial charge in [-0.15, -0.1) is 0 Å². The number of carbonyl (C=O) groups is 3. The molecule has 1 unspecified atom stereocenters. The van der Waals surface area contributed by atoms with Crippen molar-refractivity contribution >= 4 is 35.2 Å². The first kappa shape index (κ1) is 15.5. The number of nitrogens with zero attached hydrogens (tertiary/aromatic N) is 1. The number of carboxylic acids is 1. The molecule has 3 atom stereocenters. The van der Waals surface area contributed by atoms with Gasteiger partial charge in [0, 0.05) is 17.4 Å². The smallest absolute Gasteiger partial charge is 0.306 e. The average molecular weight is 346 g/mol. The number of aliphatic carboxylic acids is 1. The van der Waals surface area contributed by atoms with Crippen molar-refractivity contribution in [3.05, 3.63) is 24.3 Å². The van der Waals surface area contributed by atoms with Crippen LogP contribution in [0.3, 0.4) is 0 Å². The lowest BCUT2D eigenvalue weighted by molar-refractivity contribution is -0.141. The first-order valence-corrected chi connectivity index (χ1v) is 8.98. The summed E-state index contributed by atoms with van der Waals surface area (Å²) < 4.78 is 0. The second-order valence-corrected chi connectivity index (χ2v) is 7.92. The van der Waals surface area contributed by atoms with Gasteiger partial charge in [0.15, 0.2) is 4.87 Å². The van der Waals surface area contributed by atoms with Gasteiger partial charge in [-0.1, -0.05) is 23.9 Å². The first-order valence-electron chi connectivity index (χ1n) is 8.16. The minimum absolute atomic E-state index is 0.0302. The van der Waals surface area contributed by atoms with Gasteiger partial charge in [0.2, 0.25) is 5.91 Å². The number of anilines is 1. The number of hydrogen-bond acceptors (Lipinski definition) is 4. The number of carboxylic acid groups (broad SMARTS) is 1. The fourth-order valence-corrected chi connectivity index (χ4v) is 5.36. The highest BCUT2D eigenvalue weighted by atomic mass is 32.2. The van der Waals surface area contributed by atoms with Gasteiger partial charge >= 0.3 is 5.97 Å². The molecule has 1 aromatic rings. The minimum atomic E-state index is -0.915. The largest absolute Gasteiger partial charge is 0.481 e. The van der Waals surface area contributed by atoms with Crippen LogP contribution in [0, 0.1) is 5.92 Å². The Morgan fingerprint density at radius 2 is 2.08 bits per heavy atom. The molecular formula is C17H18N2O4S. The third kappa shape index (κ3) is 2.22. The Hall–Kier alpha value is -2.02. The van der Waals surface area contributed by atoms with E-state index < -0.39 is 10.8 Å². The molecule has 0 aromatic heterocycles. The Kier molecular flexibility index (Phi) is 3.56. The molecule has 1 saturated carbocycles. The van der Waals surface area contributed by atoms with Gasteiger partial charge < -0.3 is 10.4 Å². The van der Waals surface area contributed by atoms with Crippen molar-refractivity contribution in [2.75, 3.05) is 4.90 Å². The Morgan fingerprint density at radius 3 is 2.83 bits per heavy atom. The lowest BCUT2D eigenvalue weighted by Crippen LogP contribution is -2.54. The molecule has 2 aliphatic heterocycles. The maximum atomic E-state index is 13.0. The van der Waals surface area contributed by atoms with Crippen LogP contribution in [0.15, 0.2) is 29.2 Å². The maximum Gasteiger partial charge on any atom is 0.306 e. The van der Waals surface area contributed by atoms with E-state index >= 15 is 0 Å². The molecule has 0 spiro atoms. The number of nitrogens with one attached hydrogen (secondary N) is 1. The summed E-state index contributed by atoms with van der Waals surface area (Å²) in [7, 11) is 0. The summed E-state index contributed by atoms with van der Waals surface area (Å²) in [6, 6.07) is 7.44. The predicted octanol–water partition coefficient (Wildman–Crippen LogP) is 1.98. The van der Waals surface area contributed by atoms with E-state index in [0.717, 1.165) is 10.6 Å². The Morgan fingerprint density at radius 1 is 1.29 bits per heavy atom. The lowest BCUT2D eigenvalue weighted by atomic mass is 10.1. The number of thioether (sulfide) groups is 1. The highest BCUT2D eigenvalue weighted by Gasteiger charge is 2.57. The Labute approximate surface area is 143 Å². The second kappa shape index (κ2) is 5.51. The zero-order valence-electron chi connectivity index (χ0n) is 13.0. The number of para-hydroxylation sites is 1. The van der Waals surface area contributed by atoms with Crippen LogP contribution in [0.2, 0.25) is 0 Å². The van der Waals surface area contributed by atoms with E-state index in [1.54, 1.807) is 4.90 Å². The van der Waals surface area contributed by atoms with E-state index in [1.807, 2.05) is 24.3 Å². The minimum Gasteiger partial charge on any atom is -0.481 e. The van der Waals surface area contributed by atoms with Crippen molar-refractivity contribution in [1.29, 1.82) is 0 Å². The van der Waals surface area contributed by atoms with Crippen LogP contribution in [-0.2, 0) is 14.4 Å². The molecule has 126 valence electrons. The highest BCUT2D eigenvalue weighted by Crippen LogP contribution is 2.55. The molecule has 2 N–H and O–H groups in total. The van der Waals surface area contributed by atoms with Crippen molar-refractivity contribution < 1.29 is 19.5 Å². The van der Waals surface area contributed by atoms with Gasteiger partial charge in [-0.2, -0.15) is 0 Å². The van der Waals surface area contributed by atoms with E-state index in [1.165, 1.54) is 11.8 Å². The maximum absolute atomic E-state index is 13.0. The van der Waals surface area contributed by atoms with Crippen LogP contribution in [-0.4, -0.2) is 33.8 Å². The predicted molar refractivity (Wildman–Crippen MR) is 88.7 cm³/mol. The molecular weight excluding hydrogens is 328 g/mol. The summed E-state index contributed by atoms with van der Waals surface area (Å²) in [5.41, 5.74) is 0.801. The molecule has 2 heterocycles. The zero-order valence-corrected chi connectivity index (χ0v) is 13.8. The van der Waals surface area contributed by atoms with Crippen LogP contribution < -0.4 is 10.2 Å². The molecule has 4 rings (SSSR count). The summed E-state index contributed by atoms with van der Waals surface area (Å²) in [4.78, 5) is 38.1. The van der Waals surface area contributed by atoms with Crippen molar-refractivity contribution in [3.63, 3.8) is 0 Å². The fraction of sp³-hybridized carbons (Fsp3) is 0.471. The van der Waals surface area contributed by atoms with Gasteiger partial charge in [0.05, 0.1) is 11.6 Å². The van der Waals surface area contributed by atoms with Gasteiger partial charge in [-0.25, -0.2) is 0 Å². The number of hydrogen-bond donors (Lipinski definition) is 2. The Bertz CT molecular complexity index is 737. The van der Waals surface area contributed by atoms with E-state index in [2.05, 4.69) is 5.32 Å². The van der Waals surface area contributed by atoms with Crippen LogP contribution in [0.1, 0.15) is 32.1 Å². The molecule has 0 bridgehead atoms. The molecule has 1 aromatic carbocycles. The summed E-state index contributed by atoms with van der Waals surface area (Å²) in [6.45, 7) is 0. The third-order valence-electron chi connectivity index (χ3n) is 5.15. The summed E-state index contributed by atoms with van der Waals surface area (Å²) in [5.74, 6) is -1.39. The molecule has 6 nitrogen and oxygen atoms in total. The summed E-state index contributed by atoms with van der Waals surface area (Å²) in [5, 5.41) is 12.1. The molecule has 1 aliphatic carbocycles. The van der Waals surface area contributed by atoms with E-state index in [0.29, 0.717) is 32.1 Å². The average Bonchev–Trinajstić information content (AvgIpc) is 3.22. The molecule has 0 radical (unpaired) electrons. The first-order chi connectivity index (χ1) is 11.5. The number of benzene rings is 1. The highest BCUT2D eigenvalue weighted by molar-refractivity contribution is 8.02. The third-order valence-corrected chi connectivity index (χ3v) is 6.62. The molecule has 7 heteroatoms. The van der Waals surface area contributed by atoms with Crippen LogP contribution >= 0.6 is 11.8 Å². The quantitative estimate of drug-likeness (QED) is 0.874. The van der Waals surface area contributed by atoms with Crippen LogP contribution in [0.25, 0.3) is 0 Å². The topological polar surface area (TPSA) is 86.7 Å². The number of carbonyl (C=O) groups excluding carboxylic acids is 2. The summed E-state index contributed by atoms with van der Waals surface area (Å²) in [6.07, 6.45) is 2.56. The number of fused-ring (bicyclic) bond motifs is 3. The fourth-order valence-electron chi connectivity index (χ4n) is 3.93. The van der Waals surface area contributed by atoms with E-state index in [9.17, 15) is 14.4 Å². The van der Waals surface area contributed by atoms with Gasteiger partial charge in [-0.3, -0.25) is 19.3 Å². The molecule has 1 saturated heterocycles. The van der Waals surface area contributed by atoms with Crippen LogP contribution in [0.5, 0.6) is 0 Å². The molecule has 3 aliphatic rings. The van der Waals surface area contributed by atoms with E-state index in [4.69, 9.17) is 5.11 Å². The standard InChI is InChI=1S/C17H18N2O4S/c20-14-7-8-17(19(14)12-3-1-2-4-13(12)24-17)16(23)18-11-6-5-10(9-11)15(21)22/h1-4,10-11H,5-9H2,(H,18,23)(H,21,22)/t10-,11+,17?/m0/s1. The molecule has 24 heavy (non-hydrogen) atoms. The normalized spacial score (nSPS) is 31.0. The van der Waals surface area contributed by atoms with E-state index in [-0.39, 0.29) is 23.8 Å². The lowest BCUT2D eigenvalue weighted by Gasteiger charge is -2.31. The SMILES string of the molecule is O=C(O)[C@H]1CC[C@@H](NC(=O)C23CCC(=O)N2c2ccccc2S3)C1. The van der Waals surface area contributed by atoms with Gasteiger partial charge in [0.1, 0.15) is 0 Å². The van der Waals surface area contributed by atoms with Crippen molar-refractivity contribution in [2.45, 2.75) is 47.9 Å². The van der Waals surface area contributed by atoms with Crippen molar-refractivity contribution in [1.82, 2.24) is 5.32 Å². The van der Waals surface area contributed by atoms with Crippen LogP contribution in [0.4, 0.5) is 5.69 Å². The van der Waals surface area contributed by atoms with Crippen molar-refractivity contribution in [3.8, 4) is 0 Å². The second-order valence-electron chi connectivity index (χ2n) is 6.60. The Balaban J connectivity index is 1.56. The number of amides is 2. The zero-order chi connectivity index (χ0) is 16.9. The monoisotopic (exact) mass is 346 g/mol.